The van der Waals surface area contributed by atoms with E-state index in [1.807, 2.05) is 11.8 Å². The maximum atomic E-state index is 13.1. The third kappa shape index (κ3) is 3.54. The van der Waals surface area contributed by atoms with Crippen molar-refractivity contribution < 1.29 is 4.79 Å². The van der Waals surface area contributed by atoms with Crippen LogP contribution in [0.15, 0.2) is 30.3 Å². The van der Waals surface area contributed by atoms with Gasteiger partial charge in [0.15, 0.2) is 11.6 Å². The fraction of sp³-hybridized carbons (Fsp3) is 0.565. The number of piperidine rings is 3. The molecule has 1 amide bonds. The van der Waals surface area contributed by atoms with E-state index in [-0.39, 0.29) is 5.91 Å². The van der Waals surface area contributed by atoms with Crippen molar-refractivity contribution in [1.29, 1.82) is 0 Å². The predicted molar refractivity (Wildman–Crippen MR) is 114 cm³/mol. The van der Waals surface area contributed by atoms with Crippen molar-refractivity contribution >= 4 is 11.9 Å². The number of carbonyl (C=O) groups excluding carboxylic acids is 1. The summed E-state index contributed by atoms with van der Waals surface area (Å²) in [6.45, 7) is 4.67. The first kappa shape index (κ1) is 18.7. The molecule has 0 radical (unpaired) electrons. The van der Waals surface area contributed by atoms with Crippen LogP contribution in [0.1, 0.15) is 47.4 Å². The smallest absolute Gasteiger partial charge is 0.274 e. The second-order valence-corrected chi connectivity index (χ2v) is 9.21. The van der Waals surface area contributed by atoms with E-state index >= 15 is 0 Å². The van der Waals surface area contributed by atoms with Gasteiger partial charge in [0.25, 0.3) is 5.91 Å². The molecule has 0 aliphatic carbocycles. The van der Waals surface area contributed by atoms with Crippen molar-refractivity contribution in [3.05, 3.63) is 47.3 Å². The van der Waals surface area contributed by atoms with Crippen LogP contribution in [0, 0.1) is 18.8 Å². The SMILES string of the molecule is Cc1[nH]c(N)nc1C(=O)N1C[C@@H]2C[C@H](C1)[C@@H]1CCC[C@H](Cc3ccccc3)N1C2. The highest BCUT2D eigenvalue weighted by Crippen LogP contribution is 2.40. The molecule has 154 valence electrons. The van der Waals surface area contributed by atoms with Gasteiger partial charge in [0.2, 0.25) is 0 Å². The zero-order valence-electron chi connectivity index (χ0n) is 17.2. The zero-order valence-corrected chi connectivity index (χ0v) is 17.2. The minimum Gasteiger partial charge on any atom is -0.369 e. The summed E-state index contributed by atoms with van der Waals surface area (Å²) in [5, 5.41) is 0. The summed E-state index contributed by atoms with van der Waals surface area (Å²) in [4.78, 5) is 25.1. The Morgan fingerprint density at radius 3 is 2.79 bits per heavy atom. The van der Waals surface area contributed by atoms with Crippen LogP contribution in [0.25, 0.3) is 0 Å². The number of aryl methyl sites for hydroxylation is 1. The van der Waals surface area contributed by atoms with E-state index in [1.165, 1.54) is 31.2 Å². The van der Waals surface area contributed by atoms with Crippen LogP contribution >= 0.6 is 0 Å². The van der Waals surface area contributed by atoms with Gasteiger partial charge < -0.3 is 15.6 Å². The van der Waals surface area contributed by atoms with Crippen LogP contribution in [-0.2, 0) is 6.42 Å². The van der Waals surface area contributed by atoms with Gasteiger partial charge in [-0.3, -0.25) is 9.69 Å². The second kappa shape index (κ2) is 7.48. The molecule has 3 N–H and O–H groups in total. The van der Waals surface area contributed by atoms with Gasteiger partial charge in [-0.25, -0.2) is 4.98 Å². The largest absolute Gasteiger partial charge is 0.369 e. The van der Waals surface area contributed by atoms with Crippen molar-refractivity contribution in [2.24, 2.45) is 11.8 Å². The number of likely N-dealkylation sites (tertiary alicyclic amines) is 1. The molecule has 0 unspecified atom stereocenters. The maximum Gasteiger partial charge on any atom is 0.274 e. The molecule has 3 saturated heterocycles. The quantitative estimate of drug-likeness (QED) is 0.841. The number of fused-ring (bicyclic) bond motifs is 4. The summed E-state index contributed by atoms with van der Waals surface area (Å²) in [5.74, 6) is 1.49. The lowest BCUT2D eigenvalue weighted by atomic mass is 9.74. The molecular weight excluding hydrogens is 362 g/mol. The first-order valence-electron chi connectivity index (χ1n) is 11.0. The number of nitrogens with one attached hydrogen (secondary N) is 1. The Hall–Kier alpha value is -2.34. The number of aromatic nitrogens is 2. The molecule has 4 atom stereocenters. The number of amides is 1. The standard InChI is InChI=1S/C23H31N5O/c1-15-21(26-23(24)25-15)22(29)27-12-17-10-18(14-27)20-9-5-8-19(28(20)13-17)11-16-6-3-2-4-7-16/h2-4,6-7,17-20H,5,8-14H2,1H3,(H3,24,25,26)/t17-,18+,19+,20-/m0/s1. The molecular formula is C23H31N5O. The van der Waals surface area contributed by atoms with Crippen molar-refractivity contribution in [1.82, 2.24) is 19.8 Å². The van der Waals surface area contributed by atoms with Crippen LogP contribution in [-0.4, -0.2) is 57.4 Å². The Labute approximate surface area is 172 Å². The lowest BCUT2D eigenvalue weighted by molar-refractivity contribution is -0.0499. The highest BCUT2D eigenvalue weighted by Gasteiger charge is 2.45. The number of rotatable bonds is 3. The van der Waals surface area contributed by atoms with E-state index in [9.17, 15) is 4.79 Å². The number of nitrogens with zero attached hydrogens (tertiary/aromatic N) is 3. The summed E-state index contributed by atoms with van der Waals surface area (Å²) < 4.78 is 0. The molecule has 3 aliphatic heterocycles. The van der Waals surface area contributed by atoms with E-state index in [2.05, 4.69) is 45.2 Å². The van der Waals surface area contributed by atoms with E-state index in [0.717, 1.165) is 31.7 Å². The van der Waals surface area contributed by atoms with Crippen LogP contribution < -0.4 is 5.73 Å². The van der Waals surface area contributed by atoms with Gasteiger partial charge in [-0.2, -0.15) is 0 Å². The summed E-state index contributed by atoms with van der Waals surface area (Å²) in [6.07, 6.45) is 6.25. The molecule has 1 aromatic heterocycles. The minimum absolute atomic E-state index is 0.0373. The molecule has 3 fully saturated rings. The Bertz CT molecular complexity index is 879. The van der Waals surface area contributed by atoms with Crippen molar-refractivity contribution in [2.75, 3.05) is 25.4 Å². The Balaban J connectivity index is 1.32. The third-order valence-corrected chi connectivity index (χ3v) is 7.22. The summed E-state index contributed by atoms with van der Waals surface area (Å²) in [6, 6.07) is 12.1. The zero-order chi connectivity index (χ0) is 20.0. The number of hydrogen-bond acceptors (Lipinski definition) is 4. The van der Waals surface area contributed by atoms with Gasteiger partial charge >= 0.3 is 0 Å². The molecule has 0 saturated carbocycles. The molecule has 29 heavy (non-hydrogen) atoms. The molecule has 1 aromatic carbocycles. The topological polar surface area (TPSA) is 78.2 Å². The van der Waals surface area contributed by atoms with E-state index < -0.39 is 0 Å². The molecule has 4 heterocycles. The van der Waals surface area contributed by atoms with Gasteiger partial charge in [-0.1, -0.05) is 36.8 Å². The monoisotopic (exact) mass is 393 g/mol. The van der Waals surface area contributed by atoms with Gasteiger partial charge in [0, 0.05) is 37.4 Å². The third-order valence-electron chi connectivity index (χ3n) is 7.22. The normalized spacial score (nSPS) is 29.5. The molecule has 0 spiro atoms. The van der Waals surface area contributed by atoms with Crippen LogP contribution in [0.2, 0.25) is 0 Å². The number of hydrogen-bond donors (Lipinski definition) is 2. The molecule has 5 rings (SSSR count). The molecule has 6 nitrogen and oxygen atoms in total. The van der Waals surface area contributed by atoms with Crippen molar-refractivity contribution in [3.8, 4) is 0 Å². The van der Waals surface area contributed by atoms with Crippen LogP contribution in [0.4, 0.5) is 5.95 Å². The average Bonchev–Trinajstić information content (AvgIpc) is 3.06. The number of anilines is 1. The number of carbonyl (C=O) groups is 1. The Kier molecular flexibility index (Phi) is 4.82. The first-order valence-corrected chi connectivity index (χ1v) is 11.0. The number of nitrogen functional groups attached to an aromatic ring is 1. The number of benzene rings is 1. The summed E-state index contributed by atoms with van der Waals surface area (Å²) >= 11 is 0. The fourth-order valence-corrected chi connectivity index (χ4v) is 6.02. The lowest BCUT2D eigenvalue weighted by Crippen LogP contribution is -2.62. The highest BCUT2D eigenvalue weighted by atomic mass is 16.2. The highest BCUT2D eigenvalue weighted by molar-refractivity contribution is 5.94. The van der Waals surface area contributed by atoms with E-state index in [1.54, 1.807) is 0 Å². The molecule has 2 bridgehead atoms. The maximum absolute atomic E-state index is 13.1. The van der Waals surface area contributed by atoms with Gasteiger partial charge in [-0.15, -0.1) is 0 Å². The average molecular weight is 394 g/mol. The fourth-order valence-electron chi connectivity index (χ4n) is 6.02. The number of H-pyrrole nitrogens is 1. The lowest BCUT2D eigenvalue weighted by Gasteiger charge is -2.55. The number of aromatic amines is 1. The van der Waals surface area contributed by atoms with E-state index in [0.29, 0.717) is 35.6 Å². The van der Waals surface area contributed by atoms with Crippen LogP contribution in [0.5, 0.6) is 0 Å². The van der Waals surface area contributed by atoms with Crippen molar-refractivity contribution in [2.45, 2.75) is 51.1 Å². The van der Waals surface area contributed by atoms with Crippen molar-refractivity contribution in [3.63, 3.8) is 0 Å². The van der Waals surface area contributed by atoms with Gasteiger partial charge in [0.05, 0.1) is 0 Å². The van der Waals surface area contributed by atoms with E-state index in [4.69, 9.17) is 5.73 Å². The molecule has 2 aromatic rings. The second-order valence-electron chi connectivity index (χ2n) is 9.21. The van der Waals surface area contributed by atoms with Gasteiger partial charge in [-0.05, 0) is 50.0 Å². The first-order chi connectivity index (χ1) is 14.1. The van der Waals surface area contributed by atoms with Gasteiger partial charge in [0.1, 0.15) is 0 Å². The summed E-state index contributed by atoms with van der Waals surface area (Å²) in [7, 11) is 0. The molecule has 3 aliphatic rings. The predicted octanol–water partition coefficient (Wildman–Crippen LogP) is 2.86. The Morgan fingerprint density at radius 1 is 1.21 bits per heavy atom. The number of nitrogens with two attached hydrogens (primary N) is 1. The van der Waals surface area contributed by atoms with Crippen LogP contribution in [0.3, 0.4) is 0 Å². The minimum atomic E-state index is 0.0373. The summed E-state index contributed by atoms with van der Waals surface area (Å²) in [5.41, 5.74) is 8.46. The Morgan fingerprint density at radius 2 is 2.03 bits per heavy atom. The number of imidazole rings is 1. The molecule has 6 heteroatoms.